The lowest BCUT2D eigenvalue weighted by Crippen LogP contribution is -2.30. The van der Waals surface area contributed by atoms with E-state index in [0.29, 0.717) is 24.3 Å². The minimum Gasteiger partial charge on any atom is -0.321 e. The number of Topliss-reactive ketones (excluding diaryl/α,β-unsaturated/α-hetero) is 1. The summed E-state index contributed by atoms with van der Waals surface area (Å²) >= 11 is 0. The predicted octanol–water partition coefficient (Wildman–Crippen LogP) is 3.17. The monoisotopic (exact) mass is 374 g/mol. The Bertz CT molecular complexity index is 919. The molecule has 0 unspecified atom stereocenters. The van der Waals surface area contributed by atoms with Crippen LogP contribution in [-0.4, -0.2) is 37.5 Å². The number of carbonyl (C=O) groups excluding carboxylic acids is 2. The zero-order chi connectivity index (χ0) is 19.3. The van der Waals surface area contributed by atoms with Crippen molar-refractivity contribution in [1.82, 2.24) is 4.31 Å². The third-order valence-electron chi connectivity index (χ3n) is 3.99. The molecule has 0 aliphatic carbocycles. The molecule has 0 saturated heterocycles. The number of rotatable bonds is 7. The molecule has 2 aromatic carbocycles. The lowest BCUT2D eigenvalue weighted by molar-refractivity contribution is 0.101. The minimum absolute atomic E-state index is 0.0636. The quantitative estimate of drug-likeness (QED) is 0.755. The Morgan fingerprint density at radius 3 is 2.27 bits per heavy atom. The van der Waals surface area contributed by atoms with E-state index in [2.05, 4.69) is 5.32 Å². The first-order chi connectivity index (χ1) is 12.3. The Kier molecular flexibility index (Phi) is 6.28. The smallest absolute Gasteiger partial charge is 0.255 e. The summed E-state index contributed by atoms with van der Waals surface area (Å²) in [5.41, 5.74) is 0.992. The highest BCUT2D eigenvalue weighted by atomic mass is 32.2. The third kappa shape index (κ3) is 4.17. The summed E-state index contributed by atoms with van der Waals surface area (Å²) in [5, 5.41) is 2.68. The van der Waals surface area contributed by atoms with Crippen molar-refractivity contribution in [3.05, 3.63) is 59.7 Å². The molecule has 0 fully saturated rings. The molecule has 0 heterocycles. The van der Waals surface area contributed by atoms with Gasteiger partial charge in [0.1, 0.15) is 0 Å². The molecule has 0 atom stereocenters. The summed E-state index contributed by atoms with van der Waals surface area (Å²) in [6.45, 7) is 5.64. The van der Waals surface area contributed by atoms with Crippen molar-refractivity contribution < 1.29 is 18.0 Å². The molecule has 0 aromatic heterocycles. The first-order valence-electron chi connectivity index (χ1n) is 8.32. The van der Waals surface area contributed by atoms with Crippen LogP contribution in [0.25, 0.3) is 0 Å². The van der Waals surface area contributed by atoms with Crippen molar-refractivity contribution in [3.63, 3.8) is 0 Å². The molecule has 7 heteroatoms. The van der Waals surface area contributed by atoms with Gasteiger partial charge in [-0.3, -0.25) is 9.59 Å². The van der Waals surface area contributed by atoms with E-state index < -0.39 is 15.9 Å². The number of hydrogen-bond donors (Lipinski definition) is 1. The van der Waals surface area contributed by atoms with Crippen LogP contribution < -0.4 is 5.32 Å². The lowest BCUT2D eigenvalue weighted by Gasteiger charge is -2.18. The van der Waals surface area contributed by atoms with Crippen molar-refractivity contribution in [2.75, 3.05) is 18.4 Å². The number of carbonyl (C=O) groups is 2. The number of hydrogen-bond acceptors (Lipinski definition) is 4. The average Bonchev–Trinajstić information content (AvgIpc) is 2.63. The molecule has 0 aliphatic heterocycles. The van der Waals surface area contributed by atoms with Gasteiger partial charge in [-0.25, -0.2) is 8.42 Å². The number of para-hydroxylation sites is 1. The van der Waals surface area contributed by atoms with Crippen LogP contribution in [-0.2, 0) is 10.0 Å². The maximum absolute atomic E-state index is 12.6. The van der Waals surface area contributed by atoms with Crippen molar-refractivity contribution in [2.24, 2.45) is 0 Å². The zero-order valence-corrected chi connectivity index (χ0v) is 15.8. The van der Waals surface area contributed by atoms with Gasteiger partial charge in [-0.15, -0.1) is 0 Å². The molecule has 0 spiro atoms. The van der Waals surface area contributed by atoms with Gasteiger partial charge in [-0.2, -0.15) is 4.31 Å². The van der Waals surface area contributed by atoms with Crippen LogP contribution in [0, 0.1) is 0 Å². The largest absolute Gasteiger partial charge is 0.321 e. The third-order valence-corrected chi connectivity index (χ3v) is 6.04. The van der Waals surface area contributed by atoms with E-state index in [1.54, 1.807) is 38.1 Å². The first-order valence-corrected chi connectivity index (χ1v) is 9.76. The molecule has 2 rings (SSSR count). The van der Waals surface area contributed by atoms with E-state index in [-0.39, 0.29) is 16.2 Å². The second-order valence-electron chi connectivity index (χ2n) is 5.67. The molecule has 6 nitrogen and oxygen atoms in total. The summed E-state index contributed by atoms with van der Waals surface area (Å²) in [6, 6.07) is 12.6. The Morgan fingerprint density at radius 1 is 1.00 bits per heavy atom. The number of ketones is 1. The minimum atomic E-state index is -3.65. The Labute approximate surface area is 153 Å². The highest BCUT2D eigenvalue weighted by molar-refractivity contribution is 7.89. The SMILES string of the molecule is CCN(CC)S(=O)(=O)c1cccc(C(=O)Nc2ccccc2C(C)=O)c1. The van der Waals surface area contributed by atoms with Gasteiger partial charge in [0.25, 0.3) is 5.91 Å². The average molecular weight is 374 g/mol. The molecule has 0 aliphatic rings. The van der Waals surface area contributed by atoms with E-state index in [4.69, 9.17) is 0 Å². The second kappa shape index (κ2) is 8.25. The summed E-state index contributed by atoms with van der Waals surface area (Å²) in [4.78, 5) is 24.3. The fourth-order valence-corrected chi connectivity index (χ4v) is 4.11. The van der Waals surface area contributed by atoms with Crippen molar-refractivity contribution in [1.29, 1.82) is 0 Å². The van der Waals surface area contributed by atoms with Gasteiger partial charge in [0.05, 0.1) is 10.6 Å². The number of anilines is 1. The standard InChI is InChI=1S/C19H22N2O4S/c1-4-21(5-2)26(24,25)16-10-8-9-15(13-16)19(23)20-18-12-7-6-11-17(18)14(3)22/h6-13H,4-5H2,1-3H3,(H,20,23). The van der Waals surface area contributed by atoms with Gasteiger partial charge in [-0.05, 0) is 37.3 Å². The Hall–Kier alpha value is -2.51. The van der Waals surface area contributed by atoms with Crippen molar-refractivity contribution >= 4 is 27.4 Å². The first kappa shape index (κ1) is 19.8. The van der Waals surface area contributed by atoms with Gasteiger partial charge in [-0.1, -0.05) is 32.0 Å². The molecule has 1 N–H and O–H groups in total. The summed E-state index contributed by atoms with van der Waals surface area (Å²) in [5.74, 6) is -0.644. The van der Waals surface area contributed by atoms with E-state index in [9.17, 15) is 18.0 Å². The van der Waals surface area contributed by atoms with Gasteiger partial charge >= 0.3 is 0 Å². The number of sulfonamides is 1. The number of nitrogens with zero attached hydrogens (tertiary/aromatic N) is 1. The molecular weight excluding hydrogens is 352 g/mol. The van der Waals surface area contributed by atoms with Crippen LogP contribution in [0.3, 0.4) is 0 Å². The summed E-state index contributed by atoms with van der Waals surface area (Å²) in [7, 11) is -3.65. The number of amides is 1. The highest BCUT2D eigenvalue weighted by Gasteiger charge is 2.22. The van der Waals surface area contributed by atoms with E-state index in [1.165, 1.54) is 35.5 Å². The van der Waals surface area contributed by atoms with Gasteiger partial charge in [0.15, 0.2) is 5.78 Å². The second-order valence-corrected chi connectivity index (χ2v) is 7.61. The maximum Gasteiger partial charge on any atom is 0.255 e. The molecule has 0 saturated carbocycles. The van der Waals surface area contributed by atoms with Crippen molar-refractivity contribution in [2.45, 2.75) is 25.7 Å². The molecule has 0 bridgehead atoms. The van der Waals surface area contributed by atoms with Crippen LogP contribution in [0.1, 0.15) is 41.5 Å². The molecular formula is C19H22N2O4S. The Balaban J connectivity index is 2.34. The molecule has 138 valence electrons. The molecule has 0 radical (unpaired) electrons. The normalized spacial score (nSPS) is 11.4. The zero-order valence-electron chi connectivity index (χ0n) is 15.0. The van der Waals surface area contributed by atoms with Crippen molar-refractivity contribution in [3.8, 4) is 0 Å². The molecule has 26 heavy (non-hydrogen) atoms. The molecule has 2 aromatic rings. The predicted molar refractivity (Wildman–Crippen MR) is 101 cm³/mol. The van der Waals surface area contributed by atoms with Crippen LogP contribution >= 0.6 is 0 Å². The summed E-state index contributed by atoms with van der Waals surface area (Å²) in [6.07, 6.45) is 0. The van der Waals surface area contributed by atoms with Crippen LogP contribution in [0.2, 0.25) is 0 Å². The lowest BCUT2D eigenvalue weighted by atomic mass is 10.1. The van der Waals surface area contributed by atoms with Crippen LogP contribution in [0.4, 0.5) is 5.69 Å². The maximum atomic E-state index is 12.6. The summed E-state index contributed by atoms with van der Waals surface area (Å²) < 4.78 is 26.6. The topological polar surface area (TPSA) is 83.6 Å². The fraction of sp³-hybridized carbons (Fsp3) is 0.263. The van der Waals surface area contributed by atoms with Crippen LogP contribution in [0.5, 0.6) is 0 Å². The fourth-order valence-electron chi connectivity index (χ4n) is 2.60. The molecule has 1 amide bonds. The number of benzene rings is 2. The van der Waals surface area contributed by atoms with E-state index in [0.717, 1.165) is 0 Å². The highest BCUT2D eigenvalue weighted by Crippen LogP contribution is 2.20. The van der Waals surface area contributed by atoms with Crippen LogP contribution in [0.15, 0.2) is 53.4 Å². The van der Waals surface area contributed by atoms with Gasteiger partial charge in [0.2, 0.25) is 10.0 Å². The number of nitrogens with one attached hydrogen (secondary N) is 1. The van der Waals surface area contributed by atoms with E-state index in [1.807, 2.05) is 0 Å². The van der Waals surface area contributed by atoms with E-state index >= 15 is 0 Å². The Morgan fingerprint density at radius 2 is 1.65 bits per heavy atom. The van der Waals surface area contributed by atoms with Gasteiger partial charge in [0, 0.05) is 24.2 Å². The van der Waals surface area contributed by atoms with Gasteiger partial charge < -0.3 is 5.32 Å².